The van der Waals surface area contributed by atoms with Crippen LogP contribution in [0.2, 0.25) is 5.02 Å². The number of oxazole rings is 1. The maximum atomic E-state index is 12.1. The van der Waals surface area contributed by atoms with Crippen molar-refractivity contribution in [2.45, 2.75) is 6.61 Å². The predicted octanol–water partition coefficient (Wildman–Crippen LogP) is 3.55. The van der Waals surface area contributed by atoms with Crippen LogP contribution >= 0.6 is 11.6 Å². The Hall–Kier alpha value is -2.48. The standard InChI is InChI=1S/C13H8ClF2N3O3/c1-20-13-19-10-7(14)3-2-6(11(10)22-13)8-4-18-9(5-17-8)21-12(15)16/h2-5,12H,1H3. The van der Waals surface area contributed by atoms with Crippen LogP contribution in [0.25, 0.3) is 22.4 Å². The van der Waals surface area contributed by atoms with Gasteiger partial charge in [0.05, 0.1) is 30.2 Å². The molecule has 0 fully saturated rings. The van der Waals surface area contributed by atoms with Crippen molar-refractivity contribution in [2.75, 3.05) is 7.11 Å². The van der Waals surface area contributed by atoms with Crippen LogP contribution in [0.1, 0.15) is 0 Å². The van der Waals surface area contributed by atoms with Gasteiger partial charge in [-0.15, -0.1) is 0 Å². The van der Waals surface area contributed by atoms with Crippen LogP contribution < -0.4 is 9.47 Å². The molecule has 2 heterocycles. The van der Waals surface area contributed by atoms with E-state index in [0.717, 1.165) is 6.20 Å². The monoisotopic (exact) mass is 327 g/mol. The summed E-state index contributed by atoms with van der Waals surface area (Å²) in [6.07, 6.45) is 2.43. The number of hydrogen-bond donors (Lipinski definition) is 0. The zero-order valence-corrected chi connectivity index (χ0v) is 11.8. The van der Waals surface area contributed by atoms with Crippen molar-refractivity contribution >= 4 is 22.7 Å². The van der Waals surface area contributed by atoms with Gasteiger partial charge in [0.15, 0.2) is 5.58 Å². The minimum absolute atomic E-state index is 0.0509. The normalized spacial score (nSPS) is 11.1. The fourth-order valence-electron chi connectivity index (χ4n) is 1.85. The maximum Gasteiger partial charge on any atom is 0.394 e. The molecule has 6 nitrogen and oxygen atoms in total. The number of ether oxygens (including phenoxy) is 2. The Morgan fingerprint density at radius 3 is 2.68 bits per heavy atom. The van der Waals surface area contributed by atoms with E-state index in [2.05, 4.69) is 19.7 Å². The molecule has 0 bridgehead atoms. The zero-order valence-electron chi connectivity index (χ0n) is 11.1. The van der Waals surface area contributed by atoms with Crippen molar-refractivity contribution in [3.8, 4) is 23.2 Å². The molecule has 3 rings (SSSR count). The minimum atomic E-state index is -2.96. The highest BCUT2D eigenvalue weighted by Gasteiger charge is 2.16. The number of benzene rings is 1. The third-order valence-electron chi connectivity index (χ3n) is 2.76. The molecule has 22 heavy (non-hydrogen) atoms. The molecular formula is C13H8ClF2N3O3. The van der Waals surface area contributed by atoms with E-state index >= 15 is 0 Å². The Balaban J connectivity index is 2.06. The summed E-state index contributed by atoms with van der Waals surface area (Å²) in [6.45, 7) is -2.96. The minimum Gasteiger partial charge on any atom is -0.453 e. The Labute approximate surface area is 127 Å². The molecule has 3 aromatic rings. The van der Waals surface area contributed by atoms with Gasteiger partial charge in [-0.3, -0.25) is 0 Å². The zero-order chi connectivity index (χ0) is 15.7. The van der Waals surface area contributed by atoms with E-state index in [4.69, 9.17) is 20.8 Å². The molecule has 114 valence electrons. The maximum absolute atomic E-state index is 12.1. The summed E-state index contributed by atoms with van der Waals surface area (Å²) in [7, 11) is 1.41. The van der Waals surface area contributed by atoms with Gasteiger partial charge >= 0.3 is 12.7 Å². The molecular weight excluding hydrogens is 320 g/mol. The van der Waals surface area contributed by atoms with E-state index < -0.39 is 6.61 Å². The van der Waals surface area contributed by atoms with Crippen LogP contribution in [0.4, 0.5) is 8.78 Å². The number of alkyl halides is 2. The average Bonchev–Trinajstić information content (AvgIpc) is 2.93. The van der Waals surface area contributed by atoms with E-state index in [9.17, 15) is 8.78 Å². The van der Waals surface area contributed by atoms with Crippen LogP contribution in [-0.4, -0.2) is 28.7 Å². The SMILES string of the molecule is COc1nc2c(Cl)ccc(-c3cnc(OC(F)F)cn3)c2o1. The Kier molecular flexibility index (Phi) is 3.76. The summed E-state index contributed by atoms with van der Waals surface area (Å²) >= 11 is 6.05. The molecule has 0 unspecified atom stereocenters. The average molecular weight is 328 g/mol. The number of aromatic nitrogens is 3. The number of hydrogen-bond acceptors (Lipinski definition) is 6. The van der Waals surface area contributed by atoms with Gasteiger partial charge in [-0.1, -0.05) is 11.6 Å². The molecule has 0 atom stereocenters. The van der Waals surface area contributed by atoms with Crippen LogP contribution in [0.3, 0.4) is 0 Å². The van der Waals surface area contributed by atoms with Crippen LogP contribution in [-0.2, 0) is 0 Å². The highest BCUT2D eigenvalue weighted by atomic mass is 35.5. The molecule has 0 saturated carbocycles. The molecule has 0 spiro atoms. The highest BCUT2D eigenvalue weighted by molar-refractivity contribution is 6.35. The first kappa shape index (κ1) is 14.5. The van der Waals surface area contributed by atoms with Gasteiger partial charge in [-0.25, -0.2) is 9.97 Å². The third-order valence-corrected chi connectivity index (χ3v) is 3.07. The lowest BCUT2D eigenvalue weighted by Crippen LogP contribution is -2.03. The molecule has 0 aliphatic heterocycles. The number of methoxy groups -OCH3 is 1. The molecule has 0 aliphatic rings. The van der Waals surface area contributed by atoms with Crippen molar-refractivity contribution in [3.05, 3.63) is 29.5 Å². The quantitative estimate of drug-likeness (QED) is 0.730. The Bertz CT molecular complexity index is 808. The smallest absolute Gasteiger partial charge is 0.394 e. The van der Waals surface area contributed by atoms with E-state index in [0.29, 0.717) is 27.4 Å². The van der Waals surface area contributed by atoms with E-state index in [-0.39, 0.29) is 12.0 Å². The van der Waals surface area contributed by atoms with Crippen molar-refractivity contribution < 1.29 is 22.7 Å². The first-order chi connectivity index (χ1) is 10.6. The van der Waals surface area contributed by atoms with E-state index in [1.807, 2.05) is 0 Å². The highest BCUT2D eigenvalue weighted by Crippen LogP contribution is 2.34. The molecule has 2 aromatic heterocycles. The molecule has 0 N–H and O–H groups in total. The predicted molar refractivity (Wildman–Crippen MR) is 73.2 cm³/mol. The van der Waals surface area contributed by atoms with Crippen molar-refractivity contribution in [1.29, 1.82) is 0 Å². The Morgan fingerprint density at radius 2 is 2.05 bits per heavy atom. The topological polar surface area (TPSA) is 70.3 Å². The third kappa shape index (κ3) is 2.64. The van der Waals surface area contributed by atoms with Crippen molar-refractivity contribution in [1.82, 2.24) is 15.0 Å². The van der Waals surface area contributed by atoms with Gasteiger partial charge < -0.3 is 13.9 Å². The second-order valence-corrected chi connectivity index (χ2v) is 4.48. The first-order valence-electron chi connectivity index (χ1n) is 5.98. The van der Waals surface area contributed by atoms with Gasteiger partial charge in [0.2, 0.25) is 5.88 Å². The molecule has 0 saturated heterocycles. The lowest BCUT2D eigenvalue weighted by molar-refractivity contribution is -0.0530. The molecule has 1 aromatic carbocycles. The summed E-state index contributed by atoms with van der Waals surface area (Å²) in [5.41, 5.74) is 1.71. The van der Waals surface area contributed by atoms with Crippen molar-refractivity contribution in [3.63, 3.8) is 0 Å². The molecule has 0 amide bonds. The lowest BCUT2D eigenvalue weighted by atomic mass is 10.1. The number of rotatable bonds is 4. The summed E-state index contributed by atoms with van der Waals surface area (Å²) in [6, 6.07) is 3.28. The summed E-state index contributed by atoms with van der Waals surface area (Å²) in [4.78, 5) is 11.9. The second-order valence-electron chi connectivity index (χ2n) is 4.07. The van der Waals surface area contributed by atoms with Crippen LogP contribution in [0, 0.1) is 0 Å². The number of fused-ring (bicyclic) bond motifs is 1. The lowest BCUT2D eigenvalue weighted by Gasteiger charge is -2.04. The summed E-state index contributed by atoms with van der Waals surface area (Å²) in [5, 5.41) is 0.386. The summed E-state index contributed by atoms with van der Waals surface area (Å²) < 4.78 is 38.7. The number of nitrogens with zero attached hydrogens (tertiary/aromatic N) is 3. The Morgan fingerprint density at radius 1 is 1.23 bits per heavy atom. The van der Waals surface area contributed by atoms with Crippen molar-refractivity contribution in [2.24, 2.45) is 0 Å². The molecule has 9 heteroatoms. The van der Waals surface area contributed by atoms with E-state index in [1.165, 1.54) is 13.3 Å². The van der Waals surface area contributed by atoms with Gasteiger partial charge in [0, 0.05) is 5.56 Å². The van der Waals surface area contributed by atoms with Gasteiger partial charge in [0.1, 0.15) is 5.52 Å². The van der Waals surface area contributed by atoms with Gasteiger partial charge in [0.25, 0.3) is 0 Å². The first-order valence-corrected chi connectivity index (χ1v) is 6.36. The fraction of sp³-hybridized carbons (Fsp3) is 0.154. The molecule has 0 radical (unpaired) electrons. The van der Waals surface area contributed by atoms with Gasteiger partial charge in [-0.2, -0.15) is 13.8 Å². The second kappa shape index (κ2) is 5.72. The van der Waals surface area contributed by atoms with E-state index in [1.54, 1.807) is 12.1 Å². The molecule has 0 aliphatic carbocycles. The van der Waals surface area contributed by atoms with Gasteiger partial charge in [-0.05, 0) is 12.1 Å². The van der Waals surface area contributed by atoms with Crippen LogP contribution in [0.15, 0.2) is 28.9 Å². The van der Waals surface area contributed by atoms with Crippen LogP contribution in [0.5, 0.6) is 12.0 Å². The number of halogens is 3. The summed E-state index contributed by atoms with van der Waals surface area (Å²) in [5.74, 6) is -0.279. The largest absolute Gasteiger partial charge is 0.453 e. The fourth-order valence-corrected chi connectivity index (χ4v) is 2.04.